The van der Waals surface area contributed by atoms with Gasteiger partial charge >= 0.3 is 0 Å². The van der Waals surface area contributed by atoms with Crippen molar-refractivity contribution in [2.24, 2.45) is 11.3 Å². The van der Waals surface area contributed by atoms with Crippen molar-refractivity contribution < 1.29 is 13.2 Å². The van der Waals surface area contributed by atoms with Gasteiger partial charge in [0.1, 0.15) is 5.75 Å². The molecule has 2 aromatic carbocycles. The van der Waals surface area contributed by atoms with Gasteiger partial charge < -0.3 is 4.74 Å². The van der Waals surface area contributed by atoms with Crippen LogP contribution in [0.2, 0.25) is 0 Å². The minimum absolute atomic E-state index is 0.111. The summed E-state index contributed by atoms with van der Waals surface area (Å²) in [5, 5.41) is 0. The third-order valence-corrected chi connectivity index (χ3v) is 7.02. The van der Waals surface area contributed by atoms with Gasteiger partial charge in [0.15, 0.2) is 0 Å². The molecule has 4 nitrogen and oxygen atoms in total. The van der Waals surface area contributed by atoms with Crippen molar-refractivity contribution in [1.29, 1.82) is 0 Å². The largest absolute Gasteiger partial charge is 0.497 e. The quantitative estimate of drug-likeness (QED) is 0.523. The summed E-state index contributed by atoms with van der Waals surface area (Å²) in [4.78, 5) is 0.296. The van der Waals surface area contributed by atoms with Crippen molar-refractivity contribution >= 4 is 10.0 Å². The van der Waals surface area contributed by atoms with Gasteiger partial charge in [0.2, 0.25) is 10.0 Å². The maximum atomic E-state index is 13.5. The number of sulfonamides is 1. The van der Waals surface area contributed by atoms with Crippen molar-refractivity contribution in [3.8, 4) is 5.75 Å². The SMILES string of the molecule is COc1ccc(S(=O)(=O)N(Cc2ccccc2)C(C)CC(C)CC(C)(C)C)cc1. The molecule has 160 valence electrons. The van der Waals surface area contributed by atoms with Gasteiger partial charge in [0.05, 0.1) is 12.0 Å². The van der Waals surface area contributed by atoms with Crippen LogP contribution in [-0.2, 0) is 16.6 Å². The molecule has 0 heterocycles. The molecule has 0 amide bonds. The van der Waals surface area contributed by atoms with Crippen molar-refractivity contribution in [3.05, 3.63) is 60.2 Å². The van der Waals surface area contributed by atoms with Gasteiger partial charge in [-0.15, -0.1) is 0 Å². The first-order valence-electron chi connectivity index (χ1n) is 10.2. The summed E-state index contributed by atoms with van der Waals surface area (Å²) in [6.45, 7) is 11.3. The van der Waals surface area contributed by atoms with Crippen LogP contribution in [0.3, 0.4) is 0 Å². The normalized spacial score (nSPS) is 14.6. The molecule has 2 rings (SSSR count). The summed E-state index contributed by atoms with van der Waals surface area (Å²) in [6.07, 6.45) is 1.87. The van der Waals surface area contributed by atoms with E-state index in [1.807, 2.05) is 37.3 Å². The van der Waals surface area contributed by atoms with E-state index in [9.17, 15) is 8.42 Å². The zero-order valence-corrected chi connectivity index (χ0v) is 19.4. The highest BCUT2D eigenvalue weighted by atomic mass is 32.2. The standard InChI is InChI=1S/C24H35NO3S/c1-19(17-24(3,4)5)16-20(2)25(18-21-10-8-7-9-11-21)29(26,27)23-14-12-22(28-6)13-15-23/h7-15,19-20H,16-18H2,1-6H3. The lowest BCUT2D eigenvalue weighted by molar-refractivity contribution is 0.238. The highest BCUT2D eigenvalue weighted by molar-refractivity contribution is 7.89. The molecule has 0 aliphatic rings. The van der Waals surface area contributed by atoms with Gasteiger partial charge in [-0.2, -0.15) is 4.31 Å². The first-order chi connectivity index (χ1) is 13.5. The average molecular weight is 418 g/mol. The molecule has 0 saturated heterocycles. The zero-order chi connectivity index (χ0) is 21.7. The Bertz CT molecular complexity index is 855. The van der Waals surface area contributed by atoms with Crippen LogP contribution in [0.4, 0.5) is 0 Å². The van der Waals surface area contributed by atoms with E-state index < -0.39 is 10.0 Å². The van der Waals surface area contributed by atoms with Crippen LogP contribution in [0, 0.1) is 11.3 Å². The van der Waals surface area contributed by atoms with Crippen LogP contribution in [0.25, 0.3) is 0 Å². The Balaban J connectivity index is 2.32. The van der Waals surface area contributed by atoms with Crippen molar-refractivity contribution in [1.82, 2.24) is 4.31 Å². The minimum Gasteiger partial charge on any atom is -0.497 e. The molecule has 0 aromatic heterocycles. The molecule has 29 heavy (non-hydrogen) atoms. The molecule has 0 aliphatic carbocycles. The molecule has 2 aromatic rings. The van der Waals surface area contributed by atoms with E-state index in [1.54, 1.807) is 35.7 Å². The lowest BCUT2D eigenvalue weighted by Crippen LogP contribution is -2.39. The summed E-state index contributed by atoms with van der Waals surface area (Å²) in [5.41, 5.74) is 1.21. The highest BCUT2D eigenvalue weighted by Crippen LogP contribution is 2.30. The second kappa shape index (κ2) is 9.77. The number of rotatable bonds is 9. The molecule has 0 spiro atoms. The third-order valence-electron chi connectivity index (χ3n) is 5.04. The molecule has 0 saturated carbocycles. The Morgan fingerprint density at radius 3 is 2.07 bits per heavy atom. The smallest absolute Gasteiger partial charge is 0.243 e. The van der Waals surface area contributed by atoms with Crippen molar-refractivity contribution in [2.75, 3.05) is 7.11 Å². The molecule has 0 bridgehead atoms. The number of methoxy groups -OCH3 is 1. The van der Waals surface area contributed by atoms with Crippen molar-refractivity contribution in [3.63, 3.8) is 0 Å². The number of nitrogens with zero attached hydrogens (tertiary/aromatic N) is 1. The number of hydrogen-bond acceptors (Lipinski definition) is 3. The molecule has 2 atom stereocenters. The van der Waals surface area contributed by atoms with E-state index in [-0.39, 0.29) is 11.5 Å². The first kappa shape index (κ1) is 23.4. The molecular formula is C24H35NO3S. The fourth-order valence-electron chi connectivity index (χ4n) is 3.95. The Labute approximate surface area is 177 Å². The average Bonchev–Trinajstić information content (AvgIpc) is 2.65. The van der Waals surface area contributed by atoms with E-state index >= 15 is 0 Å². The van der Waals surface area contributed by atoms with Crippen LogP contribution < -0.4 is 4.74 Å². The Hall–Kier alpha value is -1.85. The van der Waals surface area contributed by atoms with Crippen LogP contribution >= 0.6 is 0 Å². The zero-order valence-electron chi connectivity index (χ0n) is 18.6. The molecule has 0 aliphatic heterocycles. The Morgan fingerprint density at radius 1 is 0.966 bits per heavy atom. The molecule has 5 heteroatoms. The molecule has 0 radical (unpaired) electrons. The predicted molar refractivity (Wildman–Crippen MR) is 119 cm³/mol. The Kier molecular flexibility index (Phi) is 7.89. The van der Waals surface area contributed by atoms with Gasteiger partial charge in [0, 0.05) is 12.6 Å². The fraction of sp³-hybridized carbons (Fsp3) is 0.500. The van der Waals surface area contributed by atoms with Gasteiger partial charge in [-0.25, -0.2) is 8.42 Å². The van der Waals surface area contributed by atoms with E-state index in [0.717, 1.165) is 18.4 Å². The summed E-state index contributed by atoms with van der Waals surface area (Å²) < 4.78 is 33.9. The van der Waals surface area contributed by atoms with E-state index in [2.05, 4.69) is 27.7 Å². The molecular weight excluding hydrogens is 382 g/mol. The highest BCUT2D eigenvalue weighted by Gasteiger charge is 2.31. The monoisotopic (exact) mass is 417 g/mol. The maximum absolute atomic E-state index is 13.5. The van der Waals surface area contributed by atoms with Crippen LogP contribution in [0.5, 0.6) is 5.75 Å². The Morgan fingerprint density at radius 2 is 1.55 bits per heavy atom. The second-order valence-electron chi connectivity index (χ2n) is 9.17. The van der Waals surface area contributed by atoms with Gasteiger partial charge in [-0.3, -0.25) is 0 Å². The third kappa shape index (κ3) is 6.86. The van der Waals surface area contributed by atoms with Crippen LogP contribution in [0.1, 0.15) is 53.0 Å². The van der Waals surface area contributed by atoms with E-state index in [0.29, 0.717) is 23.1 Å². The van der Waals surface area contributed by atoms with Gasteiger partial charge in [-0.05, 0) is 60.9 Å². The number of hydrogen-bond donors (Lipinski definition) is 0. The molecule has 0 N–H and O–H groups in total. The lowest BCUT2D eigenvalue weighted by atomic mass is 9.83. The number of benzene rings is 2. The topological polar surface area (TPSA) is 46.6 Å². The van der Waals surface area contributed by atoms with E-state index in [4.69, 9.17) is 4.74 Å². The molecule has 0 fully saturated rings. The van der Waals surface area contributed by atoms with Gasteiger partial charge in [0.25, 0.3) is 0 Å². The fourth-order valence-corrected chi connectivity index (χ4v) is 5.58. The van der Waals surface area contributed by atoms with Gasteiger partial charge in [-0.1, -0.05) is 58.0 Å². The number of ether oxygens (including phenoxy) is 1. The summed E-state index contributed by atoms with van der Waals surface area (Å²) >= 11 is 0. The van der Waals surface area contributed by atoms with Crippen molar-refractivity contribution in [2.45, 2.75) is 64.9 Å². The predicted octanol–water partition coefficient (Wildman–Crippen LogP) is 5.74. The summed E-state index contributed by atoms with van der Waals surface area (Å²) in [6, 6.07) is 16.3. The summed E-state index contributed by atoms with van der Waals surface area (Å²) in [7, 11) is -2.06. The second-order valence-corrected chi connectivity index (χ2v) is 11.1. The lowest BCUT2D eigenvalue weighted by Gasteiger charge is -2.32. The first-order valence-corrected chi connectivity index (χ1v) is 11.7. The minimum atomic E-state index is -3.64. The summed E-state index contributed by atoms with van der Waals surface area (Å²) in [5.74, 6) is 1.07. The van der Waals surface area contributed by atoms with Crippen LogP contribution in [-0.4, -0.2) is 25.9 Å². The molecule has 2 unspecified atom stereocenters. The van der Waals surface area contributed by atoms with E-state index in [1.165, 1.54) is 0 Å². The maximum Gasteiger partial charge on any atom is 0.243 e. The van der Waals surface area contributed by atoms with Crippen LogP contribution in [0.15, 0.2) is 59.5 Å².